The Hall–Kier alpha value is -2.14. The average molecular weight is 271 g/mol. The monoisotopic (exact) mass is 271 g/mol. The summed E-state index contributed by atoms with van der Waals surface area (Å²) in [6, 6.07) is 9.65. The zero-order valence-corrected chi connectivity index (χ0v) is 11.5. The molecule has 0 atom stereocenters. The van der Waals surface area contributed by atoms with Crippen molar-refractivity contribution >= 4 is 33.3 Å². The van der Waals surface area contributed by atoms with E-state index in [9.17, 15) is 4.79 Å². The molecule has 96 valence electrons. The van der Waals surface area contributed by atoms with E-state index in [0.717, 1.165) is 21.5 Å². The molecule has 19 heavy (non-hydrogen) atoms. The first-order chi connectivity index (χ1) is 9.13. The van der Waals surface area contributed by atoms with Crippen LogP contribution in [0.25, 0.3) is 10.9 Å². The van der Waals surface area contributed by atoms with E-state index in [1.165, 1.54) is 11.3 Å². The number of para-hydroxylation sites is 1. The number of H-pyrrole nitrogens is 1. The summed E-state index contributed by atoms with van der Waals surface area (Å²) in [5.41, 5.74) is 2.46. The quantitative estimate of drug-likeness (QED) is 0.749. The molecule has 2 aromatic heterocycles. The zero-order valence-electron chi connectivity index (χ0n) is 10.7. The van der Waals surface area contributed by atoms with Gasteiger partial charge in [0.1, 0.15) is 5.69 Å². The molecular weight excluding hydrogens is 258 g/mol. The fourth-order valence-corrected chi connectivity index (χ4v) is 2.70. The number of thiazole rings is 1. The van der Waals surface area contributed by atoms with Crippen LogP contribution in [0.3, 0.4) is 0 Å². The number of anilines is 1. The number of hydrogen-bond acceptors (Lipinski definition) is 3. The maximum absolute atomic E-state index is 12.1. The number of carbonyl (C=O) groups is 1. The lowest BCUT2D eigenvalue weighted by atomic mass is 10.2. The predicted molar refractivity (Wildman–Crippen MR) is 77.8 cm³/mol. The lowest BCUT2D eigenvalue weighted by Gasteiger charge is -1.97. The SMILES string of the molecule is Cc1nc(NC(=O)c2cc3ccccc3[nH]2)sc1C. The van der Waals surface area contributed by atoms with Crippen LogP contribution in [0.1, 0.15) is 21.1 Å². The summed E-state index contributed by atoms with van der Waals surface area (Å²) in [7, 11) is 0. The highest BCUT2D eigenvalue weighted by Crippen LogP contribution is 2.22. The first-order valence-corrected chi connectivity index (χ1v) is 6.78. The number of amides is 1. The summed E-state index contributed by atoms with van der Waals surface area (Å²) >= 11 is 1.49. The number of aromatic amines is 1. The number of aromatic nitrogens is 2. The number of aryl methyl sites for hydroxylation is 2. The Morgan fingerprint density at radius 1 is 1.32 bits per heavy atom. The van der Waals surface area contributed by atoms with Gasteiger partial charge in [0.05, 0.1) is 5.69 Å². The molecule has 4 nitrogen and oxygen atoms in total. The van der Waals surface area contributed by atoms with Crippen LogP contribution in [-0.4, -0.2) is 15.9 Å². The third kappa shape index (κ3) is 2.24. The van der Waals surface area contributed by atoms with Crippen LogP contribution in [0.2, 0.25) is 0 Å². The predicted octanol–water partition coefficient (Wildman–Crippen LogP) is 3.49. The molecule has 0 spiro atoms. The second-order valence-corrected chi connectivity index (χ2v) is 5.59. The Labute approximate surface area is 114 Å². The second-order valence-electron chi connectivity index (χ2n) is 4.39. The number of hydrogen-bond donors (Lipinski definition) is 2. The minimum atomic E-state index is -0.162. The topological polar surface area (TPSA) is 57.8 Å². The maximum atomic E-state index is 12.1. The van der Waals surface area contributed by atoms with Crippen molar-refractivity contribution in [1.29, 1.82) is 0 Å². The van der Waals surface area contributed by atoms with Gasteiger partial charge in [0.25, 0.3) is 5.91 Å². The largest absolute Gasteiger partial charge is 0.351 e. The molecule has 2 heterocycles. The highest BCUT2D eigenvalue weighted by molar-refractivity contribution is 7.15. The van der Waals surface area contributed by atoms with Crippen molar-refractivity contribution < 1.29 is 4.79 Å². The molecular formula is C14H13N3OS. The Balaban J connectivity index is 1.87. The van der Waals surface area contributed by atoms with E-state index in [2.05, 4.69) is 15.3 Å². The summed E-state index contributed by atoms with van der Waals surface area (Å²) in [5, 5.41) is 4.48. The third-order valence-corrected chi connectivity index (χ3v) is 4.01. The van der Waals surface area contributed by atoms with Crippen molar-refractivity contribution in [2.45, 2.75) is 13.8 Å². The minimum absolute atomic E-state index is 0.162. The molecule has 0 unspecified atom stereocenters. The van der Waals surface area contributed by atoms with Gasteiger partial charge in [-0.05, 0) is 26.0 Å². The van der Waals surface area contributed by atoms with Crippen LogP contribution in [0.4, 0.5) is 5.13 Å². The normalized spacial score (nSPS) is 10.8. The smallest absolute Gasteiger partial charge is 0.273 e. The van der Waals surface area contributed by atoms with Crippen LogP contribution in [0.15, 0.2) is 30.3 Å². The molecule has 0 aliphatic heterocycles. The molecule has 0 fully saturated rings. The summed E-state index contributed by atoms with van der Waals surface area (Å²) in [6.07, 6.45) is 0. The van der Waals surface area contributed by atoms with Gasteiger partial charge in [0.2, 0.25) is 0 Å². The Kier molecular flexibility index (Phi) is 2.83. The fourth-order valence-electron chi connectivity index (χ4n) is 1.89. The summed E-state index contributed by atoms with van der Waals surface area (Å²) < 4.78 is 0. The van der Waals surface area contributed by atoms with E-state index in [4.69, 9.17) is 0 Å². The van der Waals surface area contributed by atoms with E-state index >= 15 is 0 Å². The van der Waals surface area contributed by atoms with Crippen LogP contribution in [0, 0.1) is 13.8 Å². The molecule has 3 rings (SSSR count). The van der Waals surface area contributed by atoms with Gasteiger partial charge in [-0.1, -0.05) is 18.2 Å². The number of fused-ring (bicyclic) bond motifs is 1. The molecule has 0 aliphatic rings. The van der Waals surface area contributed by atoms with Gasteiger partial charge in [-0.2, -0.15) is 0 Å². The number of benzene rings is 1. The van der Waals surface area contributed by atoms with E-state index in [-0.39, 0.29) is 5.91 Å². The van der Waals surface area contributed by atoms with Crippen molar-refractivity contribution in [2.24, 2.45) is 0 Å². The van der Waals surface area contributed by atoms with Crippen molar-refractivity contribution in [3.63, 3.8) is 0 Å². The molecule has 3 aromatic rings. The van der Waals surface area contributed by atoms with E-state index in [0.29, 0.717) is 10.8 Å². The average Bonchev–Trinajstić information content (AvgIpc) is 2.93. The molecule has 1 amide bonds. The summed E-state index contributed by atoms with van der Waals surface area (Å²) in [6.45, 7) is 3.93. The van der Waals surface area contributed by atoms with Crippen LogP contribution in [-0.2, 0) is 0 Å². The Bertz CT molecular complexity index is 704. The highest BCUT2D eigenvalue weighted by atomic mass is 32.1. The number of rotatable bonds is 2. The first-order valence-electron chi connectivity index (χ1n) is 5.96. The molecule has 0 saturated carbocycles. The van der Waals surface area contributed by atoms with Crippen molar-refractivity contribution in [3.05, 3.63) is 46.6 Å². The van der Waals surface area contributed by atoms with Crippen LogP contribution >= 0.6 is 11.3 Å². The molecule has 0 radical (unpaired) electrons. The molecule has 5 heteroatoms. The lowest BCUT2D eigenvalue weighted by Crippen LogP contribution is -2.11. The minimum Gasteiger partial charge on any atom is -0.351 e. The van der Waals surface area contributed by atoms with E-state index in [1.54, 1.807) is 0 Å². The molecule has 0 bridgehead atoms. The Morgan fingerprint density at radius 2 is 2.11 bits per heavy atom. The van der Waals surface area contributed by atoms with Crippen molar-refractivity contribution in [3.8, 4) is 0 Å². The van der Waals surface area contributed by atoms with Gasteiger partial charge in [-0.25, -0.2) is 4.98 Å². The van der Waals surface area contributed by atoms with Gasteiger partial charge in [0, 0.05) is 15.8 Å². The molecule has 2 N–H and O–H groups in total. The molecule has 0 saturated heterocycles. The number of carbonyl (C=O) groups excluding carboxylic acids is 1. The molecule has 1 aromatic carbocycles. The van der Waals surface area contributed by atoms with Gasteiger partial charge >= 0.3 is 0 Å². The standard InChI is InChI=1S/C14H13N3OS/c1-8-9(2)19-14(15-8)17-13(18)12-7-10-5-3-4-6-11(10)16-12/h3-7,16H,1-2H3,(H,15,17,18). The Morgan fingerprint density at radius 3 is 2.79 bits per heavy atom. The van der Waals surface area contributed by atoms with Crippen LogP contribution in [0.5, 0.6) is 0 Å². The van der Waals surface area contributed by atoms with Gasteiger partial charge in [-0.15, -0.1) is 11.3 Å². The lowest BCUT2D eigenvalue weighted by molar-refractivity contribution is 0.102. The number of nitrogens with one attached hydrogen (secondary N) is 2. The fraction of sp³-hybridized carbons (Fsp3) is 0.143. The summed E-state index contributed by atoms with van der Waals surface area (Å²) in [4.78, 5) is 20.7. The second kappa shape index (κ2) is 4.51. The van der Waals surface area contributed by atoms with Gasteiger partial charge in [0.15, 0.2) is 5.13 Å². The van der Waals surface area contributed by atoms with Crippen molar-refractivity contribution in [1.82, 2.24) is 9.97 Å². The molecule has 0 aliphatic carbocycles. The van der Waals surface area contributed by atoms with Gasteiger partial charge in [-0.3, -0.25) is 10.1 Å². The highest BCUT2D eigenvalue weighted by Gasteiger charge is 2.12. The zero-order chi connectivity index (χ0) is 13.4. The van der Waals surface area contributed by atoms with E-state index in [1.807, 2.05) is 44.2 Å². The summed E-state index contributed by atoms with van der Waals surface area (Å²) in [5.74, 6) is -0.162. The van der Waals surface area contributed by atoms with Crippen molar-refractivity contribution in [2.75, 3.05) is 5.32 Å². The third-order valence-electron chi connectivity index (χ3n) is 3.02. The number of nitrogens with zero attached hydrogens (tertiary/aromatic N) is 1. The van der Waals surface area contributed by atoms with E-state index < -0.39 is 0 Å². The first kappa shape index (κ1) is 11.9. The van der Waals surface area contributed by atoms with Crippen LogP contribution < -0.4 is 5.32 Å². The van der Waals surface area contributed by atoms with Gasteiger partial charge < -0.3 is 4.98 Å². The maximum Gasteiger partial charge on any atom is 0.273 e.